The van der Waals surface area contributed by atoms with Crippen molar-refractivity contribution in [2.24, 2.45) is 5.92 Å². The Labute approximate surface area is 140 Å². The second-order valence-electron chi connectivity index (χ2n) is 6.95. The Balaban J connectivity index is 2.08. The van der Waals surface area contributed by atoms with Crippen LogP contribution in [0, 0.1) is 5.92 Å². The summed E-state index contributed by atoms with van der Waals surface area (Å²) in [4.78, 5) is 14.9. The van der Waals surface area contributed by atoms with Gasteiger partial charge in [-0.05, 0) is 52.2 Å². The molecule has 0 aliphatic carbocycles. The lowest BCUT2D eigenvalue weighted by atomic mass is 9.84. The maximum atomic E-state index is 12.6. The average Bonchev–Trinajstić information content (AvgIpc) is 2.52. The van der Waals surface area contributed by atoms with Crippen molar-refractivity contribution in [3.05, 3.63) is 53.1 Å². The number of para-hydroxylation sites is 1. The standard InChI is InChI=1S/C21H29NO/c1-15(2)9-8-10-16(3)13-14-19-17(4)21(23)18-11-6-7-12-20(18)22(19)5/h6-7,9,11-13,17,19H,8,10,14H2,1-5H3/b16-13+. The van der Waals surface area contributed by atoms with Crippen molar-refractivity contribution >= 4 is 11.5 Å². The van der Waals surface area contributed by atoms with Gasteiger partial charge in [-0.2, -0.15) is 0 Å². The van der Waals surface area contributed by atoms with Crippen molar-refractivity contribution < 1.29 is 4.79 Å². The summed E-state index contributed by atoms with van der Waals surface area (Å²) >= 11 is 0. The first-order valence-corrected chi connectivity index (χ1v) is 8.57. The maximum absolute atomic E-state index is 12.6. The van der Waals surface area contributed by atoms with E-state index in [4.69, 9.17) is 0 Å². The molecule has 1 aliphatic heterocycles. The fourth-order valence-corrected chi connectivity index (χ4v) is 3.30. The second kappa shape index (κ2) is 7.63. The fourth-order valence-electron chi connectivity index (χ4n) is 3.30. The van der Waals surface area contributed by atoms with Gasteiger partial charge in [-0.1, -0.05) is 42.4 Å². The van der Waals surface area contributed by atoms with Crippen LogP contribution in [0.25, 0.3) is 0 Å². The van der Waals surface area contributed by atoms with Gasteiger partial charge in [0.1, 0.15) is 0 Å². The predicted molar refractivity (Wildman–Crippen MR) is 99.2 cm³/mol. The first-order chi connectivity index (χ1) is 10.9. The van der Waals surface area contributed by atoms with E-state index in [0.717, 1.165) is 30.5 Å². The lowest BCUT2D eigenvalue weighted by Crippen LogP contribution is -2.44. The van der Waals surface area contributed by atoms with Crippen molar-refractivity contribution in [3.8, 4) is 0 Å². The zero-order valence-electron chi connectivity index (χ0n) is 15.1. The summed E-state index contributed by atoms with van der Waals surface area (Å²) in [5.74, 6) is 0.316. The highest BCUT2D eigenvalue weighted by Crippen LogP contribution is 2.34. The van der Waals surface area contributed by atoms with Gasteiger partial charge in [0.05, 0.1) is 0 Å². The molecule has 1 aromatic carbocycles. The highest BCUT2D eigenvalue weighted by molar-refractivity contribution is 6.05. The van der Waals surface area contributed by atoms with E-state index in [1.165, 1.54) is 11.1 Å². The minimum Gasteiger partial charge on any atom is -0.370 e. The number of hydrogen-bond donors (Lipinski definition) is 0. The summed E-state index contributed by atoms with van der Waals surface area (Å²) < 4.78 is 0. The molecule has 1 heterocycles. The van der Waals surface area contributed by atoms with Gasteiger partial charge in [0.15, 0.2) is 5.78 Å². The number of hydrogen-bond acceptors (Lipinski definition) is 2. The summed E-state index contributed by atoms with van der Waals surface area (Å²) in [6.07, 6.45) is 7.73. The molecule has 0 aromatic heterocycles. The first-order valence-electron chi connectivity index (χ1n) is 8.57. The Hall–Kier alpha value is -1.83. The normalized spacial score (nSPS) is 21.2. The number of carbonyl (C=O) groups is 1. The number of rotatable bonds is 5. The van der Waals surface area contributed by atoms with E-state index in [2.05, 4.69) is 57.9 Å². The molecule has 2 atom stereocenters. The summed E-state index contributed by atoms with van der Waals surface area (Å²) in [5, 5.41) is 0. The van der Waals surface area contributed by atoms with Crippen LogP contribution < -0.4 is 4.90 Å². The molecule has 0 saturated heterocycles. The van der Waals surface area contributed by atoms with Gasteiger partial charge in [0.2, 0.25) is 0 Å². The third-order valence-electron chi connectivity index (χ3n) is 4.84. The molecular formula is C21H29NO. The molecule has 0 amide bonds. The van der Waals surface area contributed by atoms with Crippen LogP contribution in [0.3, 0.4) is 0 Å². The molecule has 2 rings (SSSR count). The fraction of sp³-hybridized carbons (Fsp3) is 0.476. The van der Waals surface area contributed by atoms with Gasteiger partial charge in [-0.15, -0.1) is 0 Å². The van der Waals surface area contributed by atoms with E-state index in [0.29, 0.717) is 0 Å². The highest BCUT2D eigenvalue weighted by Gasteiger charge is 2.34. The Morgan fingerprint density at radius 1 is 1.17 bits per heavy atom. The summed E-state index contributed by atoms with van der Waals surface area (Å²) in [5.41, 5.74) is 4.72. The first kappa shape index (κ1) is 17.5. The van der Waals surface area contributed by atoms with E-state index in [1.54, 1.807) is 0 Å². The van der Waals surface area contributed by atoms with Crippen LogP contribution in [-0.2, 0) is 0 Å². The average molecular weight is 311 g/mol. The van der Waals surface area contributed by atoms with Crippen LogP contribution in [0.4, 0.5) is 5.69 Å². The van der Waals surface area contributed by atoms with Gasteiger partial charge >= 0.3 is 0 Å². The Bertz CT molecular complexity index is 622. The van der Waals surface area contributed by atoms with Gasteiger partial charge in [0.25, 0.3) is 0 Å². The Kier molecular flexibility index (Phi) is 5.81. The monoisotopic (exact) mass is 311 g/mol. The van der Waals surface area contributed by atoms with E-state index in [-0.39, 0.29) is 17.7 Å². The third kappa shape index (κ3) is 4.13. The largest absolute Gasteiger partial charge is 0.370 e. The van der Waals surface area contributed by atoms with Crippen LogP contribution in [0.1, 0.15) is 57.3 Å². The van der Waals surface area contributed by atoms with Crippen LogP contribution in [0.2, 0.25) is 0 Å². The van der Waals surface area contributed by atoms with Crippen molar-refractivity contribution in [2.45, 2.75) is 53.0 Å². The van der Waals surface area contributed by atoms with Gasteiger partial charge in [0, 0.05) is 30.3 Å². The van der Waals surface area contributed by atoms with Gasteiger partial charge < -0.3 is 4.90 Å². The molecule has 0 N–H and O–H groups in total. The number of ketones is 1. The lowest BCUT2D eigenvalue weighted by Gasteiger charge is -2.39. The molecule has 0 radical (unpaired) electrons. The van der Waals surface area contributed by atoms with E-state index >= 15 is 0 Å². The van der Waals surface area contributed by atoms with Crippen LogP contribution in [0.15, 0.2) is 47.6 Å². The van der Waals surface area contributed by atoms with Gasteiger partial charge in [-0.3, -0.25) is 4.79 Å². The summed E-state index contributed by atoms with van der Waals surface area (Å²) in [6.45, 7) is 8.54. The number of carbonyl (C=O) groups excluding carboxylic acids is 1. The molecule has 124 valence electrons. The minimum absolute atomic E-state index is 0.0386. The van der Waals surface area contributed by atoms with Crippen molar-refractivity contribution in [1.82, 2.24) is 0 Å². The van der Waals surface area contributed by atoms with Crippen molar-refractivity contribution in [1.29, 1.82) is 0 Å². The topological polar surface area (TPSA) is 20.3 Å². The molecule has 1 aromatic rings. The Morgan fingerprint density at radius 3 is 2.57 bits per heavy atom. The summed E-state index contributed by atoms with van der Waals surface area (Å²) in [6, 6.07) is 8.20. The number of benzene rings is 1. The van der Waals surface area contributed by atoms with Crippen LogP contribution in [-0.4, -0.2) is 18.9 Å². The number of nitrogens with zero attached hydrogens (tertiary/aromatic N) is 1. The summed E-state index contributed by atoms with van der Waals surface area (Å²) in [7, 11) is 2.11. The smallest absolute Gasteiger partial charge is 0.169 e. The molecule has 2 nitrogen and oxygen atoms in total. The van der Waals surface area contributed by atoms with Gasteiger partial charge in [-0.25, -0.2) is 0 Å². The van der Waals surface area contributed by atoms with Crippen LogP contribution in [0.5, 0.6) is 0 Å². The predicted octanol–water partition coefficient (Wildman–Crippen LogP) is 5.41. The zero-order chi connectivity index (χ0) is 17.0. The molecule has 0 spiro atoms. The maximum Gasteiger partial charge on any atom is 0.169 e. The highest BCUT2D eigenvalue weighted by atomic mass is 16.1. The molecule has 0 fully saturated rings. The molecule has 2 unspecified atom stereocenters. The van der Waals surface area contributed by atoms with E-state index in [9.17, 15) is 4.79 Å². The van der Waals surface area contributed by atoms with Crippen LogP contribution >= 0.6 is 0 Å². The number of allylic oxidation sites excluding steroid dienone is 3. The number of anilines is 1. The van der Waals surface area contributed by atoms with Crippen molar-refractivity contribution in [3.63, 3.8) is 0 Å². The Morgan fingerprint density at radius 2 is 1.87 bits per heavy atom. The zero-order valence-corrected chi connectivity index (χ0v) is 15.1. The molecule has 2 heteroatoms. The lowest BCUT2D eigenvalue weighted by molar-refractivity contribution is 0.0902. The second-order valence-corrected chi connectivity index (χ2v) is 6.95. The molecule has 1 aliphatic rings. The quantitative estimate of drug-likeness (QED) is 0.678. The van der Waals surface area contributed by atoms with E-state index in [1.807, 2.05) is 18.2 Å². The molecular weight excluding hydrogens is 282 g/mol. The van der Waals surface area contributed by atoms with Crippen molar-refractivity contribution in [2.75, 3.05) is 11.9 Å². The van der Waals surface area contributed by atoms with E-state index < -0.39 is 0 Å². The number of fused-ring (bicyclic) bond motifs is 1. The minimum atomic E-state index is 0.0386. The molecule has 0 bridgehead atoms. The SMILES string of the molecule is CC(C)=CCC/C(C)=C/CC1C(C)C(=O)c2ccccc2N1C. The third-order valence-corrected chi connectivity index (χ3v) is 4.84. The number of Topliss-reactive ketones (excluding diaryl/α,β-unsaturated/α-hetero) is 1. The molecule has 23 heavy (non-hydrogen) atoms. The molecule has 0 saturated carbocycles.